The first-order valence-corrected chi connectivity index (χ1v) is 6.71. The highest BCUT2D eigenvalue weighted by atomic mass is 15.1. The Kier molecular flexibility index (Phi) is 4.19. The van der Waals surface area contributed by atoms with E-state index in [2.05, 4.69) is 43.0 Å². The van der Waals surface area contributed by atoms with Crippen molar-refractivity contribution in [3.05, 3.63) is 35.4 Å². The van der Waals surface area contributed by atoms with E-state index in [9.17, 15) is 0 Å². The van der Waals surface area contributed by atoms with Gasteiger partial charge >= 0.3 is 0 Å². The molecule has 2 nitrogen and oxygen atoms in total. The Hall–Kier alpha value is -0.860. The number of benzene rings is 1. The van der Waals surface area contributed by atoms with Crippen molar-refractivity contribution in [1.82, 2.24) is 4.90 Å². The molecule has 1 unspecified atom stereocenters. The maximum absolute atomic E-state index is 6.10. The van der Waals surface area contributed by atoms with Gasteiger partial charge in [-0.1, -0.05) is 38.1 Å². The van der Waals surface area contributed by atoms with E-state index in [0.717, 1.165) is 19.5 Å². The Morgan fingerprint density at radius 1 is 1.24 bits per heavy atom. The predicted molar refractivity (Wildman–Crippen MR) is 72.9 cm³/mol. The maximum atomic E-state index is 6.10. The van der Waals surface area contributed by atoms with Crippen molar-refractivity contribution >= 4 is 0 Å². The molecule has 0 aromatic heterocycles. The first kappa shape index (κ1) is 12.6. The summed E-state index contributed by atoms with van der Waals surface area (Å²) in [5, 5.41) is 0. The molecule has 2 heteroatoms. The topological polar surface area (TPSA) is 29.3 Å². The lowest BCUT2D eigenvalue weighted by Gasteiger charge is -2.30. The van der Waals surface area contributed by atoms with Crippen molar-refractivity contribution in [2.24, 2.45) is 11.7 Å². The van der Waals surface area contributed by atoms with Crippen LogP contribution >= 0.6 is 0 Å². The van der Waals surface area contributed by atoms with Gasteiger partial charge in [-0.3, -0.25) is 4.90 Å². The molecule has 0 saturated carbocycles. The van der Waals surface area contributed by atoms with E-state index < -0.39 is 0 Å². The summed E-state index contributed by atoms with van der Waals surface area (Å²) >= 11 is 0. The summed E-state index contributed by atoms with van der Waals surface area (Å²) in [4.78, 5) is 2.53. The molecular formula is C15H24N2. The number of rotatable bonds is 4. The van der Waals surface area contributed by atoms with E-state index in [4.69, 9.17) is 5.73 Å². The van der Waals surface area contributed by atoms with E-state index in [-0.39, 0.29) is 0 Å². The zero-order chi connectivity index (χ0) is 12.3. The van der Waals surface area contributed by atoms with Gasteiger partial charge in [0.2, 0.25) is 0 Å². The van der Waals surface area contributed by atoms with E-state index in [0.29, 0.717) is 12.0 Å². The lowest BCUT2D eigenvalue weighted by atomic mass is 9.98. The van der Waals surface area contributed by atoms with Crippen molar-refractivity contribution in [2.45, 2.75) is 39.3 Å². The van der Waals surface area contributed by atoms with Crippen LogP contribution in [0.15, 0.2) is 24.3 Å². The lowest BCUT2D eigenvalue weighted by Crippen LogP contribution is -2.36. The highest BCUT2D eigenvalue weighted by molar-refractivity contribution is 5.28. The number of hydrogen-bond donors (Lipinski definition) is 1. The standard InChI is InChI=1S/C15H24N2/c1-12(2)15(16)8-10-17-9-7-13-5-3-4-6-14(13)11-17/h3-6,12,15H,7-11,16H2,1-2H3. The van der Waals surface area contributed by atoms with Crippen LogP contribution in [0.25, 0.3) is 0 Å². The second-order valence-corrected chi connectivity index (χ2v) is 5.49. The fourth-order valence-corrected chi connectivity index (χ4v) is 2.41. The third-order valence-electron chi connectivity index (χ3n) is 3.84. The van der Waals surface area contributed by atoms with Gasteiger partial charge in [-0.15, -0.1) is 0 Å². The van der Waals surface area contributed by atoms with Gasteiger partial charge in [0.05, 0.1) is 0 Å². The van der Waals surface area contributed by atoms with E-state index >= 15 is 0 Å². The molecule has 0 spiro atoms. The molecule has 0 bridgehead atoms. The summed E-state index contributed by atoms with van der Waals surface area (Å²) in [7, 11) is 0. The molecule has 1 aromatic carbocycles. The van der Waals surface area contributed by atoms with Crippen LogP contribution in [0.2, 0.25) is 0 Å². The van der Waals surface area contributed by atoms with Gasteiger partial charge in [0.25, 0.3) is 0 Å². The molecule has 0 saturated heterocycles. The van der Waals surface area contributed by atoms with Crippen LogP contribution in [0.4, 0.5) is 0 Å². The molecule has 0 aliphatic carbocycles. The zero-order valence-electron chi connectivity index (χ0n) is 11.0. The summed E-state index contributed by atoms with van der Waals surface area (Å²) in [6.45, 7) is 7.82. The molecule has 1 heterocycles. The SMILES string of the molecule is CC(C)C(N)CCN1CCc2ccccc2C1. The first-order valence-electron chi connectivity index (χ1n) is 6.71. The summed E-state index contributed by atoms with van der Waals surface area (Å²) in [6.07, 6.45) is 2.30. The number of hydrogen-bond acceptors (Lipinski definition) is 2. The van der Waals surface area contributed by atoms with E-state index in [1.807, 2.05) is 0 Å². The Bertz CT molecular complexity index is 360. The van der Waals surface area contributed by atoms with E-state index in [1.165, 1.54) is 24.1 Å². The van der Waals surface area contributed by atoms with Crippen molar-refractivity contribution in [1.29, 1.82) is 0 Å². The second kappa shape index (κ2) is 5.65. The predicted octanol–water partition coefficient (Wildman–Crippen LogP) is 2.42. The Balaban J connectivity index is 1.86. The fraction of sp³-hybridized carbons (Fsp3) is 0.600. The minimum atomic E-state index is 0.340. The molecule has 1 aliphatic heterocycles. The molecule has 0 radical (unpaired) electrons. The van der Waals surface area contributed by atoms with Crippen LogP contribution in [0.1, 0.15) is 31.4 Å². The molecule has 17 heavy (non-hydrogen) atoms. The van der Waals surface area contributed by atoms with Crippen molar-refractivity contribution in [2.75, 3.05) is 13.1 Å². The van der Waals surface area contributed by atoms with Crippen molar-refractivity contribution in [3.8, 4) is 0 Å². The summed E-state index contributed by atoms with van der Waals surface area (Å²) in [5.41, 5.74) is 9.12. The maximum Gasteiger partial charge on any atom is 0.0236 e. The molecule has 2 N–H and O–H groups in total. The smallest absolute Gasteiger partial charge is 0.0236 e. The van der Waals surface area contributed by atoms with Gasteiger partial charge in [0, 0.05) is 19.1 Å². The normalized spacial score (nSPS) is 18.1. The van der Waals surface area contributed by atoms with Crippen LogP contribution < -0.4 is 5.73 Å². The molecule has 1 aromatic rings. The third kappa shape index (κ3) is 3.30. The Morgan fingerprint density at radius 2 is 1.94 bits per heavy atom. The lowest BCUT2D eigenvalue weighted by molar-refractivity contribution is 0.237. The van der Waals surface area contributed by atoms with Crippen LogP contribution in [-0.4, -0.2) is 24.0 Å². The molecule has 0 fully saturated rings. The minimum absolute atomic E-state index is 0.340. The summed E-state index contributed by atoms with van der Waals surface area (Å²) in [6, 6.07) is 9.13. The summed E-state index contributed by atoms with van der Waals surface area (Å²) < 4.78 is 0. The van der Waals surface area contributed by atoms with Crippen LogP contribution in [0, 0.1) is 5.92 Å². The number of fused-ring (bicyclic) bond motifs is 1. The molecule has 2 rings (SSSR count). The van der Waals surface area contributed by atoms with Gasteiger partial charge in [0.1, 0.15) is 0 Å². The van der Waals surface area contributed by atoms with Gasteiger partial charge in [0.15, 0.2) is 0 Å². The molecule has 0 amide bonds. The highest BCUT2D eigenvalue weighted by Crippen LogP contribution is 2.18. The molecule has 1 aliphatic rings. The Morgan fingerprint density at radius 3 is 2.65 bits per heavy atom. The second-order valence-electron chi connectivity index (χ2n) is 5.49. The average Bonchev–Trinajstić information content (AvgIpc) is 2.35. The third-order valence-corrected chi connectivity index (χ3v) is 3.84. The van der Waals surface area contributed by atoms with Gasteiger partial charge < -0.3 is 5.73 Å². The van der Waals surface area contributed by atoms with Gasteiger partial charge in [-0.2, -0.15) is 0 Å². The number of nitrogens with zero attached hydrogens (tertiary/aromatic N) is 1. The van der Waals surface area contributed by atoms with Crippen LogP contribution in [0.5, 0.6) is 0 Å². The number of nitrogens with two attached hydrogens (primary N) is 1. The quantitative estimate of drug-likeness (QED) is 0.864. The summed E-state index contributed by atoms with van der Waals surface area (Å²) in [5.74, 6) is 0.590. The monoisotopic (exact) mass is 232 g/mol. The highest BCUT2D eigenvalue weighted by Gasteiger charge is 2.16. The molecular weight excluding hydrogens is 208 g/mol. The van der Waals surface area contributed by atoms with Crippen molar-refractivity contribution in [3.63, 3.8) is 0 Å². The zero-order valence-corrected chi connectivity index (χ0v) is 11.0. The average molecular weight is 232 g/mol. The van der Waals surface area contributed by atoms with Crippen LogP contribution in [-0.2, 0) is 13.0 Å². The fourth-order valence-electron chi connectivity index (χ4n) is 2.41. The van der Waals surface area contributed by atoms with Crippen molar-refractivity contribution < 1.29 is 0 Å². The van der Waals surface area contributed by atoms with Gasteiger partial charge in [-0.05, 0) is 36.4 Å². The first-order chi connectivity index (χ1) is 8.16. The Labute approximate surface area is 105 Å². The molecule has 1 atom stereocenters. The van der Waals surface area contributed by atoms with E-state index in [1.54, 1.807) is 0 Å². The van der Waals surface area contributed by atoms with Gasteiger partial charge in [-0.25, -0.2) is 0 Å². The minimum Gasteiger partial charge on any atom is -0.327 e. The molecule has 94 valence electrons. The van der Waals surface area contributed by atoms with Crippen LogP contribution in [0.3, 0.4) is 0 Å². The largest absolute Gasteiger partial charge is 0.327 e.